The van der Waals surface area contributed by atoms with Gasteiger partial charge in [-0.25, -0.2) is 0 Å². The third kappa shape index (κ3) is 3.50. The van der Waals surface area contributed by atoms with Gasteiger partial charge >= 0.3 is 0 Å². The lowest BCUT2D eigenvalue weighted by atomic mass is 10.1. The second kappa shape index (κ2) is 7.09. The summed E-state index contributed by atoms with van der Waals surface area (Å²) in [5.74, 6) is 0.203. The average Bonchev–Trinajstić information content (AvgIpc) is 2.89. The summed E-state index contributed by atoms with van der Waals surface area (Å²) in [7, 11) is 1.75. The minimum Gasteiger partial charge on any atom is -0.306 e. The molecule has 0 spiro atoms. The molecule has 0 saturated carbocycles. The Kier molecular flexibility index (Phi) is 4.85. The predicted molar refractivity (Wildman–Crippen MR) is 102 cm³/mol. The Labute approximate surface area is 157 Å². The molecule has 1 amide bonds. The van der Waals surface area contributed by atoms with Crippen molar-refractivity contribution in [2.75, 3.05) is 5.32 Å². The van der Waals surface area contributed by atoms with Crippen LogP contribution in [0.5, 0.6) is 0 Å². The number of carbonyl (C=O) groups is 1. The van der Waals surface area contributed by atoms with Gasteiger partial charge in [-0.15, -0.1) is 0 Å². The van der Waals surface area contributed by atoms with Crippen LogP contribution in [-0.4, -0.2) is 20.6 Å². The molecular weight excluding hydrogens is 400 g/mol. The Morgan fingerprint density at radius 2 is 1.77 bits per heavy atom. The highest BCUT2D eigenvalue weighted by Gasteiger charge is 2.18. The van der Waals surface area contributed by atoms with Crippen molar-refractivity contribution in [3.63, 3.8) is 0 Å². The molecule has 3 aromatic rings. The molecule has 0 aliphatic rings. The molecule has 0 aliphatic heterocycles. The lowest BCUT2D eigenvalue weighted by Gasteiger charge is -2.09. The van der Waals surface area contributed by atoms with Gasteiger partial charge in [0.25, 0.3) is 11.6 Å². The zero-order valence-electron chi connectivity index (χ0n) is 14.1. The van der Waals surface area contributed by atoms with Gasteiger partial charge in [-0.1, -0.05) is 28.1 Å². The van der Waals surface area contributed by atoms with Gasteiger partial charge < -0.3 is 5.32 Å². The largest absolute Gasteiger partial charge is 0.306 e. The van der Waals surface area contributed by atoms with E-state index in [0.717, 1.165) is 21.3 Å². The van der Waals surface area contributed by atoms with E-state index in [4.69, 9.17) is 0 Å². The van der Waals surface area contributed by atoms with E-state index in [0.29, 0.717) is 11.4 Å². The molecule has 3 rings (SSSR count). The zero-order chi connectivity index (χ0) is 18.8. The molecule has 0 saturated heterocycles. The normalized spacial score (nSPS) is 10.6. The van der Waals surface area contributed by atoms with Crippen molar-refractivity contribution < 1.29 is 9.72 Å². The average molecular weight is 415 g/mol. The number of nitro benzene ring substituents is 1. The second-order valence-corrected chi connectivity index (χ2v) is 6.61. The summed E-state index contributed by atoms with van der Waals surface area (Å²) in [6.07, 6.45) is 0. The van der Waals surface area contributed by atoms with E-state index in [1.807, 2.05) is 31.2 Å². The minimum atomic E-state index is -0.502. The molecule has 1 N–H and O–H groups in total. The first-order valence-electron chi connectivity index (χ1n) is 7.72. The Morgan fingerprint density at radius 3 is 2.35 bits per heavy atom. The van der Waals surface area contributed by atoms with E-state index < -0.39 is 4.92 Å². The van der Waals surface area contributed by atoms with Crippen molar-refractivity contribution in [3.8, 4) is 11.1 Å². The molecule has 0 fully saturated rings. The van der Waals surface area contributed by atoms with Crippen LogP contribution in [0, 0.1) is 17.0 Å². The van der Waals surface area contributed by atoms with Crippen LogP contribution >= 0.6 is 15.9 Å². The lowest BCUT2D eigenvalue weighted by Crippen LogP contribution is -2.15. The number of aryl methyl sites for hydroxylation is 2. The zero-order valence-corrected chi connectivity index (χ0v) is 15.6. The number of aromatic nitrogens is 2. The quantitative estimate of drug-likeness (QED) is 0.508. The number of nitrogens with zero attached hydrogens (tertiary/aromatic N) is 3. The van der Waals surface area contributed by atoms with E-state index >= 15 is 0 Å². The van der Waals surface area contributed by atoms with Crippen molar-refractivity contribution in [1.82, 2.24) is 9.78 Å². The molecule has 7 nitrogen and oxygen atoms in total. The molecule has 1 heterocycles. The van der Waals surface area contributed by atoms with Gasteiger partial charge in [-0.05, 0) is 36.8 Å². The van der Waals surface area contributed by atoms with Crippen molar-refractivity contribution in [2.45, 2.75) is 6.92 Å². The Hall–Kier alpha value is -3.00. The van der Waals surface area contributed by atoms with Crippen LogP contribution in [0.15, 0.2) is 53.0 Å². The van der Waals surface area contributed by atoms with Crippen molar-refractivity contribution >= 4 is 33.3 Å². The Morgan fingerprint density at radius 1 is 1.15 bits per heavy atom. The molecule has 8 heteroatoms. The van der Waals surface area contributed by atoms with Crippen LogP contribution in [0.2, 0.25) is 0 Å². The first-order valence-corrected chi connectivity index (χ1v) is 8.51. The summed E-state index contributed by atoms with van der Waals surface area (Å²) in [6.45, 7) is 1.87. The number of non-ortho nitro benzene ring substituents is 1. The fourth-order valence-electron chi connectivity index (χ4n) is 2.68. The number of halogens is 1. The van der Waals surface area contributed by atoms with Gasteiger partial charge in [0, 0.05) is 34.8 Å². The molecular formula is C18H15BrN4O3. The van der Waals surface area contributed by atoms with Crippen molar-refractivity contribution in [3.05, 3.63) is 74.4 Å². The highest BCUT2D eigenvalue weighted by Crippen LogP contribution is 2.32. The molecule has 1 aromatic heterocycles. The molecule has 0 bridgehead atoms. The lowest BCUT2D eigenvalue weighted by molar-refractivity contribution is -0.384. The molecule has 0 atom stereocenters. The summed E-state index contributed by atoms with van der Waals surface area (Å²) in [4.78, 5) is 22.8. The molecule has 0 radical (unpaired) electrons. The fraction of sp³-hybridized carbons (Fsp3) is 0.111. The number of hydrogen-bond donors (Lipinski definition) is 1. The smallest absolute Gasteiger partial charge is 0.269 e. The molecule has 0 aliphatic carbocycles. The molecule has 0 unspecified atom stereocenters. The van der Waals surface area contributed by atoms with Crippen molar-refractivity contribution in [2.24, 2.45) is 7.05 Å². The van der Waals surface area contributed by atoms with Crippen LogP contribution in [0.4, 0.5) is 11.5 Å². The maximum Gasteiger partial charge on any atom is 0.269 e. The highest BCUT2D eigenvalue weighted by molar-refractivity contribution is 9.10. The topological polar surface area (TPSA) is 90.1 Å². The van der Waals surface area contributed by atoms with Gasteiger partial charge in [-0.2, -0.15) is 5.10 Å². The minimum absolute atomic E-state index is 0.0616. The number of amides is 1. The summed E-state index contributed by atoms with van der Waals surface area (Å²) in [6, 6.07) is 13.2. The van der Waals surface area contributed by atoms with Crippen LogP contribution in [-0.2, 0) is 7.05 Å². The first-order chi connectivity index (χ1) is 12.4. The van der Waals surface area contributed by atoms with E-state index in [2.05, 4.69) is 26.3 Å². The van der Waals surface area contributed by atoms with Gasteiger partial charge in [0.1, 0.15) is 5.82 Å². The van der Waals surface area contributed by atoms with Crippen LogP contribution in [0.1, 0.15) is 16.1 Å². The standard InChI is InChI=1S/C18H15BrN4O3/c1-11-16(12-3-7-14(19)8-4-12)17(22(2)21-11)20-18(24)13-5-9-15(10-6-13)23(25)26/h3-10H,1-2H3,(H,20,24). The van der Waals surface area contributed by atoms with Gasteiger partial charge in [0.05, 0.1) is 10.6 Å². The molecule has 132 valence electrons. The highest BCUT2D eigenvalue weighted by atomic mass is 79.9. The number of hydrogen-bond acceptors (Lipinski definition) is 4. The number of carbonyl (C=O) groups excluding carboxylic acids is 1. The van der Waals surface area contributed by atoms with Gasteiger partial charge in [-0.3, -0.25) is 19.6 Å². The first kappa shape index (κ1) is 17.8. The Bertz CT molecular complexity index is 979. The third-order valence-electron chi connectivity index (χ3n) is 3.93. The number of nitrogens with one attached hydrogen (secondary N) is 1. The number of benzene rings is 2. The van der Waals surface area contributed by atoms with Crippen LogP contribution < -0.4 is 5.32 Å². The maximum atomic E-state index is 12.6. The third-order valence-corrected chi connectivity index (χ3v) is 4.46. The predicted octanol–water partition coefficient (Wildman–Crippen LogP) is 4.32. The van der Waals surface area contributed by atoms with Crippen LogP contribution in [0.3, 0.4) is 0 Å². The SMILES string of the molecule is Cc1nn(C)c(NC(=O)c2ccc([N+](=O)[O-])cc2)c1-c1ccc(Br)cc1. The van der Waals surface area contributed by atoms with Crippen molar-refractivity contribution in [1.29, 1.82) is 0 Å². The molecule has 26 heavy (non-hydrogen) atoms. The van der Waals surface area contributed by atoms with E-state index in [1.165, 1.54) is 24.3 Å². The summed E-state index contributed by atoms with van der Waals surface area (Å²) in [5, 5.41) is 18.0. The number of anilines is 1. The summed E-state index contributed by atoms with van der Waals surface area (Å²) in [5.41, 5.74) is 2.81. The number of rotatable bonds is 4. The summed E-state index contributed by atoms with van der Waals surface area (Å²) >= 11 is 3.41. The van der Waals surface area contributed by atoms with Gasteiger partial charge in [0.15, 0.2) is 0 Å². The molecule has 2 aromatic carbocycles. The van der Waals surface area contributed by atoms with Gasteiger partial charge in [0.2, 0.25) is 0 Å². The fourth-order valence-corrected chi connectivity index (χ4v) is 2.94. The van der Waals surface area contributed by atoms with E-state index in [9.17, 15) is 14.9 Å². The summed E-state index contributed by atoms with van der Waals surface area (Å²) < 4.78 is 2.56. The monoisotopic (exact) mass is 414 g/mol. The van der Waals surface area contributed by atoms with Crippen LogP contribution in [0.25, 0.3) is 11.1 Å². The Balaban J connectivity index is 1.93. The number of nitro groups is 1. The second-order valence-electron chi connectivity index (χ2n) is 5.70. The maximum absolute atomic E-state index is 12.6. The van der Waals surface area contributed by atoms with E-state index in [1.54, 1.807) is 11.7 Å². The van der Waals surface area contributed by atoms with E-state index in [-0.39, 0.29) is 11.6 Å².